The van der Waals surface area contributed by atoms with Crippen molar-refractivity contribution in [2.75, 3.05) is 21.1 Å². The zero-order valence-corrected chi connectivity index (χ0v) is 14.7. The predicted octanol–water partition coefficient (Wildman–Crippen LogP) is 4.14. The maximum Gasteiger partial charge on any atom is 0.0373 e. The van der Waals surface area contributed by atoms with Crippen molar-refractivity contribution in [1.29, 1.82) is 0 Å². The van der Waals surface area contributed by atoms with Gasteiger partial charge < -0.3 is 10.2 Å². The van der Waals surface area contributed by atoms with Crippen LogP contribution in [-0.4, -0.2) is 32.1 Å². The first-order valence-corrected chi connectivity index (χ1v) is 8.42. The number of hydrogen-bond donors (Lipinski definition) is 1. The Hall–Kier alpha value is -0.380. The summed E-state index contributed by atoms with van der Waals surface area (Å²) in [5.41, 5.74) is 2.89. The lowest BCUT2D eigenvalue weighted by Gasteiger charge is -2.38. The van der Waals surface area contributed by atoms with Gasteiger partial charge in [-0.05, 0) is 82.9 Å². The molecule has 0 aliphatic heterocycles. The molecule has 2 nitrogen and oxygen atoms in total. The van der Waals surface area contributed by atoms with Crippen molar-refractivity contribution in [3.05, 3.63) is 33.8 Å². The van der Waals surface area contributed by atoms with Gasteiger partial charge in [0.05, 0.1) is 0 Å². The Morgan fingerprint density at radius 3 is 2.40 bits per heavy atom. The number of nitrogens with one attached hydrogen (secondary N) is 1. The van der Waals surface area contributed by atoms with E-state index >= 15 is 0 Å². The number of halogens is 1. The van der Waals surface area contributed by atoms with Gasteiger partial charge in [0.1, 0.15) is 0 Å². The highest BCUT2D eigenvalue weighted by Crippen LogP contribution is 2.39. The maximum atomic E-state index is 3.63. The summed E-state index contributed by atoms with van der Waals surface area (Å²) in [6, 6.07) is 7.94. The summed E-state index contributed by atoms with van der Waals surface area (Å²) in [4.78, 5) is 2.40. The summed E-state index contributed by atoms with van der Waals surface area (Å²) in [7, 11) is 6.53. The molecule has 1 N–H and O–H groups in total. The Morgan fingerprint density at radius 2 is 1.85 bits per heavy atom. The van der Waals surface area contributed by atoms with Crippen LogP contribution < -0.4 is 5.32 Å². The van der Waals surface area contributed by atoms with E-state index in [1.165, 1.54) is 41.3 Å². The minimum absolute atomic E-state index is 0.533. The highest BCUT2D eigenvalue weighted by molar-refractivity contribution is 9.10. The topological polar surface area (TPSA) is 15.3 Å². The number of nitrogens with zero attached hydrogens (tertiary/aromatic N) is 1. The molecule has 0 amide bonds. The normalized spacial score (nSPS) is 24.9. The van der Waals surface area contributed by atoms with E-state index in [2.05, 4.69) is 72.4 Å². The summed E-state index contributed by atoms with van der Waals surface area (Å²) >= 11 is 3.63. The summed E-state index contributed by atoms with van der Waals surface area (Å²) in [6.07, 6.45) is 5.25. The van der Waals surface area contributed by atoms with Crippen molar-refractivity contribution in [3.63, 3.8) is 0 Å². The van der Waals surface area contributed by atoms with Crippen molar-refractivity contribution in [1.82, 2.24) is 10.2 Å². The van der Waals surface area contributed by atoms with E-state index in [0.717, 1.165) is 12.0 Å². The first-order valence-electron chi connectivity index (χ1n) is 7.62. The molecule has 1 saturated carbocycles. The van der Waals surface area contributed by atoms with Crippen LogP contribution in [0.15, 0.2) is 22.7 Å². The highest BCUT2D eigenvalue weighted by atomic mass is 79.9. The molecule has 0 heterocycles. The average Bonchev–Trinajstić information content (AvgIpc) is 2.43. The smallest absolute Gasteiger partial charge is 0.0373 e. The molecule has 1 unspecified atom stereocenters. The lowest BCUT2D eigenvalue weighted by molar-refractivity contribution is 0.158. The molecule has 112 valence electrons. The van der Waals surface area contributed by atoms with Crippen LogP contribution in [0.2, 0.25) is 0 Å². The molecular weight excluding hydrogens is 312 g/mol. The third-order valence-corrected chi connectivity index (χ3v) is 5.24. The molecule has 1 aromatic rings. The highest BCUT2D eigenvalue weighted by Gasteiger charge is 2.30. The van der Waals surface area contributed by atoms with Gasteiger partial charge in [-0.2, -0.15) is 0 Å². The van der Waals surface area contributed by atoms with Gasteiger partial charge in [-0.1, -0.05) is 22.0 Å². The summed E-state index contributed by atoms with van der Waals surface area (Å²) in [5, 5.41) is 3.43. The van der Waals surface area contributed by atoms with E-state index in [4.69, 9.17) is 0 Å². The van der Waals surface area contributed by atoms with E-state index in [-0.39, 0.29) is 0 Å². The van der Waals surface area contributed by atoms with E-state index < -0.39 is 0 Å². The van der Waals surface area contributed by atoms with Crippen LogP contribution in [0.4, 0.5) is 0 Å². The molecule has 20 heavy (non-hydrogen) atoms. The third-order valence-electron chi connectivity index (χ3n) is 4.74. The van der Waals surface area contributed by atoms with Crippen LogP contribution >= 0.6 is 15.9 Å². The first-order chi connectivity index (χ1) is 9.52. The van der Waals surface area contributed by atoms with Crippen LogP contribution in [0.5, 0.6) is 0 Å². The summed E-state index contributed by atoms with van der Waals surface area (Å²) in [6.45, 7) is 2.23. The Balaban J connectivity index is 2.21. The van der Waals surface area contributed by atoms with Gasteiger partial charge in [-0.3, -0.25) is 0 Å². The van der Waals surface area contributed by atoms with Gasteiger partial charge in [-0.25, -0.2) is 0 Å². The van der Waals surface area contributed by atoms with E-state index in [0.29, 0.717) is 6.04 Å². The summed E-state index contributed by atoms with van der Waals surface area (Å²) in [5.74, 6) is 0.766. The largest absolute Gasteiger partial charge is 0.317 e. The van der Waals surface area contributed by atoms with Crippen LogP contribution in [0.1, 0.15) is 42.9 Å². The fourth-order valence-electron chi connectivity index (χ4n) is 3.61. The number of benzene rings is 1. The van der Waals surface area contributed by atoms with Gasteiger partial charge in [0.2, 0.25) is 0 Å². The third kappa shape index (κ3) is 3.63. The number of rotatable bonds is 4. The van der Waals surface area contributed by atoms with E-state index in [9.17, 15) is 0 Å². The molecule has 0 bridgehead atoms. The molecule has 1 aliphatic rings. The molecule has 1 aliphatic carbocycles. The van der Waals surface area contributed by atoms with Crippen molar-refractivity contribution in [2.24, 2.45) is 5.92 Å². The fraction of sp³-hybridized carbons (Fsp3) is 0.647. The lowest BCUT2D eigenvalue weighted by atomic mass is 9.78. The Kier molecular flexibility index (Phi) is 5.65. The minimum Gasteiger partial charge on any atom is -0.317 e. The van der Waals surface area contributed by atoms with Crippen LogP contribution in [0.25, 0.3) is 0 Å². The van der Waals surface area contributed by atoms with Crippen molar-refractivity contribution >= 4 is 15.9 Å². The lowest BCUT2D eigenvalue weighted by Crippen LogP contribution is -2.35. The molecule has 3 heteroatoms. The molecular formula is C17H27BrN2. The second-order valence-corrected chi connectivity index (χ2v) is 7.23. The molecule has 1 atom stereocenters. The number of aryl methyl sites for hydroxylation is 1. The predicted molar refractivity (Wildman–Crippen MR) is 90.1 cm³/mol. The van der Waals surface area contributed by atoms with Gasteiger partial charge >= 0.3 is 0 Å². The Labute approximate surface area is 132 Å². The quantitative estimate of drug-likeness (QED) is 0.887. The summed E-state index contributed by atoms with van der Waals surface area (Å²) < 4.78 is 1.19. The fourth-order valence-corrected chi connectivity index (χ4v) is 3.99. The minimum atomic E-state index is 0.533. The van der Waals surface area contributed by atoms with E-state index in [1.54, 1.807) is 0 Å². The SMILES string of the molecule is CNC1CCC(C(c2cc(Br)ccc2C)N(C)C)CC1. The Morgan fingerprint density at radius 1 is 1.20 bits per heavy atom. The molecule has 0 aromatic heterocycles. The van der Waals surface area contributed by atoms with Gasteiger partial charge in [0, 0.05) is 16.6 Å². The second kappa shape index (κ2) is 7.06. The van der Waals surface area contributed by atoms with Gasteiger partial charge in [0.15, 0.2) is 0 Å². The van der Waals surface area contributed by atoms with E-state index in [1.807, 2.05) is 0 Å². The van der Waals surface area contributed by atoms with Crippen molar-refractivity contribution < 1.29 is 0 Å². The van der Waals surface area contributed by atoms with Gasteiger partial charge in [-0.15, -0.1) is 0 Å². The van der Waals surface area contributed by atoms with Gasteiger partial charge in [0.25, 0.3) is 0 Å². The average molecular weight is 339 g/mol. The zero-order chi connectivity index (χ0) is 14.7. The molecule has 0 saturated heterocycles. The second-order valence-electron chi connectivity index (χ2n) is 6.31. The zero-order valence-electron chi connectivity index (χ0n) is 13.1. The van der Waals surface area contributed by atoms with Crippen molar-refractivity contribution in [3.8, 4) is 0 Å². The maximum absolute atomic E-state index is 3.63. The standard InChI is InChI=1S/C17H27BrN2/c1-12-5-8-14(18)11-16(12)17(20(3)4)13-6-9-15(19-2)10-7-13/h5,8,11,13,15,17,19H,6-7,9-10H2,1-4H3. The van der Waals surface area contributed by atoms with Crippen LogP contribution in [0, 0.1) is 12.8 Å². The molecule has 1 aromatic carbocycles. The molecule has 0 spiro atoms. The van der Waals surface area contributed by atoms with Crippen LogP contribution in [0.3, 0.4) is 0 Å². The van der Waals surface area contributed by atoms with Crippen LogP contribution in [-0.2, 0) is 0 Å². The monoisotopic (exact) mass is 338 g/mol. The Bertz CT molecular complexity index is 437. The molecule has 1 fully saturated rings. The molecule has 2 rings (SSSR count). The molecule has 0 radical (unpaired) electrons. The van der Waals surface area contributed by atoms with Crippen molar-refractivity contribution in [2.45, 2.75) is 44.7 Å². The number of hydrogen-bond acceptors (Lipinski definition) is 2. The first kappa shape index (κ1) is 16.0.